The minimum absolute atomic E-state index is 0.105. The van der Waals surface area contributed by atoms with Gasteiger partial charge in [0.15, 0.2) is 0 Å². The Kier molecular flexibility index (Phi) is 10.1. The van der Waals surface area contributed by atoms with Gasteiger partial charge < -0.3 is 15.0 Å². The number of nitrogens with zero attached hydrogens (tertiary/aromatic N) is 2. The number of amides is 2. The smallest absolute Gasteiger partial charge is 0.244 e. The zero-order chi connectivity index (χ0) is 28.6. The fourth-order valence-corrected chi connectivity index (χ4v) is 5.04. The highest BCUT2D eigenvalue weighted by Crippen LogP contribution is 2.26. The van der Waals surface area contributed by atoms with Crippen molar-refractivity contribution in [3.05, 3.63) is 90.0 Å². The van der Waals surface area contributed by atoms with E-state index >= 15 is 0 Å². The van der Waals surface area contributed by atoms with Crippen molar-refractivity contribution in [3.63, 3.8) is 0 Å². The molecule has 3 aromatic rings. The standard InChI is InChI=1S/C30H37N3O5S/c1-6-28(30(35)31-22(2)3)32(20-24-13-11-10-12-23(24)4)29(34)21-33(39(5,36)37)25-16-18-27(19-17-25)38-26-14-8-7-9-15-26/h7-19,22,28H,6,20-21H2,1-5H3,(H,31,35)/t28-/m1/s1. The molecule has 0 unspecified atom stereocenters. The fraction of sp³-hybridized carbons (Fsp3) is 0.333. The van der Waals surface area contributed by atoms with Gasteiger partial charge in [-0.05, 0) is 74.7 Å². The molecule has 0 heterocycles. The molecule has 9 heteroatoms. The third kappa shape index (κ3) is 8.32. The Morgan fingerprint density at radius 2 is 1.49 bits per heavy atom. The Labute approximate surface area is 231 Å². The van der Waals surface area contributed by atoms with E-state index < -0.39 is 28.5 Å². The first-order valence-corrected chi connectivity index (χ1v) is 14.8. The molecule has 1 N–H and O–H groups in total. The summed E-state index contributed by atoms with van der Waals surface area (Å²) in [5, 5.41) is 2.89. The maximum absolute atomic E-state index is 13.8. The molecule has 3 aromatic carbocycles. The van der Waals surface area contributed by atoms with Crippen LogP contribution < -0.4 is 14.4 Å². The molecule has 0 aliphatic heterocycles. The highest BCUT2D eigenvalue weighted by atomic mass is 32.2. The highest BCUT2D eigenvalue weighted by molar-refractivity contribution is 7.92. The summed E-state index contributed by atoms with van der Waals surface area (Å²) >= 11 is 0. The number of sulfonamides is 1. The van der Waals surface area contributed by atoms with Crippen molar-refractivity contribution in [2.45, 2.75) is 52.7 Å². The zero-order valence-corrected chi connectivity index (χ0v) is 23.9. The summed E-state index contributed by atoms with van der Waals surface area (Å²) in [5.74, 6) is 0.432. The zero-order valence-electron chi connectivity index (χ0n) is 23.1. The predicted molar refractivity (Wildman–Crippen MR) is 154 cm³/mol. The van der Waals surface area contributed by atoms with Crippen LogP contribution in [-0.2, 0) is 26.2 Å². The molecule has 1 atom stereocenters. The lowest BCUT2D eigenvalue weighted by atomic mass is 10.1. The number of ether oxygens (including phenoxy) is 1. The molecule has 39 heavy (non-hydrogen) atoms. The highest BCUT2D eigenvalue weighted by Gasteiger charge is 2.32. The van der Waals surface area contributed by atoms with Crippen molar-refractivity contribution in [1.29, 1.82) is 0 Å². The van der Waals surface area contributed by atoms with E-state index in [0.29, 0.717) is 23.6 Å². The van der Waals surface area contributed by atoms with E-state index in [1.807, 2.05) is 82.3 Å². The lowest BCUT2D eigenvalue weighted by Gasteiger charge is -2.33. The lowest BCUT2D eigenvalue weighted by Crippen LogP contribution is -2.53. The normalized spacial score (nSPS) is 12.1. The van der Waals surface area contributed by atoms with Crippen molar-refractivity contribution in [2.24, 2.45) is 0 Å². The van der Waals surface area contributed by atoms with Crippen LogP contribution in [0, 0.1) is 6.92 Å². The number of benzene rings is 3. The third-order valence-corrected chi connectivity index (χ3v) is 7.34. The Morgan fingerprint density at radius 3 is 2.05 bits per heavy atom. The summed E-state index contributed by atoms with van der Waals surface area (Å²) in [4.78, 5) is 28.4. The van der Waals surface area contributed by atoms with E-state index in [1.165, 1.54) is 4.90 Å². The van der Waals surface area contributed by atoms with Gasteiger partial charge in [0.1, 0.15) is 24.1 Å². The van der Waals surface area contributed by atoms with Gasteiger partial charge >= 0.3 is 0 Å². The number of nitrogens with one attached hydrogen (secondary N) is 1. The number of para-hydroxylation sites is 1. The molecular weight excluding hydrogens is 514 g/mol. The van der Waals surface area contributed by atoms with Crippen LogP contribution in [0.5, 0.6) is 11.5 Å². The summed E-state index contributed by atoms with van der Waals surface area (Å²) < 4.78 is 32.6. The molecule has 0 aliphatic carbocycles. The van der Waals surface area contributed by atoms with E-state index in [1.54, 1.807) is 24.3 Å². The van der Waals surface area contributed by atoms with Gasteiger partial charge in [0.05, 0.1) is 11.9 Å². The Morgan fingerprint density at radius 1 is 0.897 bits per heavy atom. The summed E-state index contributed by atoms with van der Waals surface area (Å²) in [7, 11) is -3.83. The molecule has 0 spiro atoms. The number of aryl methyl sites for hydroxylation is 1. The van der Waals surface area contributed by atoms with Gasteiger partial charge in [-0.25, -0.2) is 8.42 Å². The maximum Gasteiger partial charge on any atom is 0.244 e. The first-order chi connectivity index (χ1) is 18.5. The number of hydrogen-bond acceptors (Lipinski definition) is 5. The molecule has 0 fully saturated rings. The van der Waals surface area contributed by atoms with Gasteiger partial charge in [0.2, 0.25) is 21.8 Å². The lowest BCUT2D eigenvalue weighted by molar-refractivity contribution is -0.140. The van der Waals surface area contributed by atoms with Crippen LogP contribution >= 0.6 is 0 Å². The van der Waals surface area contributed by atoms with Crippen LogP contribution in [-0.4, -0.2) is 50.0 Å². The number of rotatable bonds is 12. The van der Waals surface area contributed by atoms with Gasteiger partial charge in [-0.3, -0.25) is 13.9 Å². The molecule has 0 radical (unpaired) electrons. The van der Waals surface area contributed by atoms with Crippen molar-refractivity contribution in [1.82, 2.24) is 10.2 Å². The van der Waals surface area contributed by atoms with E-state index in [0.717, 1.165) is 21.7 Å². The van der Waals surface area contributed by atoms with Crippen molar-refractivity contribution in [2.75, 3.05) is 17.1 Å². The largest absolute Gasteiger partial charge is 0.457 e. The van der Waals surface area contributed by atoms with E-state index in [9.17, 15) is 18.0 Å². The Bertz CT molecular complexity index is 1360. The summed E-state index contributed by atoms with van der Waals surface area (Å²) in [5.41, 5.74) is 2.18. The van der Waals surface area contributed by atoms with Crippen LogP contribution in [0.25, 0.3) is 0 Å². The molecule has 3 rings (SSSR count). The molecule has 208 valence electrons. The quantitative estimate of drug-likeness (QED) is 0.346. The molecule has 0 saturated heterocycles. The maximum atomic E-state index is 13.8. The first-order valence-electron chi connectivity index (χ1n) is 12.9. The number of carbonyl (C=O) groups excluding carboxylic acids is 2. The van der Waals surface area contributed by atoms with Gasteiger partial charge in [-0.1, -0.05) is 49.4 Å². The van der Waals surface area contributed by atoms with Gasteiger partial charge in [-0.15, -0.1) is 0 Å². The Balaban J connectivity index is 1.90. The van der Waals surface area contributed by atoms with Crippen LogP contribution in [0.2, 0.25) is 0 Å². The van der Waals surface area contributed by atoms with Crippen molar-refractivity contribution in [3.8, 4) is 11.5 Å². The van der Waals surface area contributed by atoms with Gasteiger partial charge in [0.25, 0.3) is 0 Å². The predicted octanol–water partition coefficient (Wildman–Crippen LogP) is 4.89. The summed E-state index contributed by atoms with van der Waals surface area (Å²) in [6.45, 7) is 7.22. The number of anilines is 1. The summed E-state index contributed by atoms with van der Waals surface area (Å²) in [6.07, 6.45) is 1.43. The van der Waals surface area contributed by atoms with Crippen molar-refractivity contribution >= 4 is 27.5 Å². The molecule has 0 aliphatic rings. The molecule has 0 saturated carbocycles. The average Bonchev–Trinajstić information content (AvgIpc) is 2.88. The van der Waals surface area contributed by atoms with Gasteiger partial charge in [-0.2, -0.15) is 0 Å². The van der Waals surface area contributed by atoms with E-state index in [-0.39, 0.29) is 18.5 Å². The molecule has 2 amide bonds. The second-order valence-corrected chi connectivity index (χ2v) is 11.6. The molecular formula is C30H37N3O5S. The van der Waals surface area contributed by atoms with Crippen molar-refractivity contribution < 1.29 is 22.7 Å². The van der Waals surface area contributed by atoms with E-state index in [2.05, 4.69) is 5.32 Å². The minimum atomic E-state index is -3.83. The molecule has 0 aromatic heterocycles. The minimum Gasteiger partial charge on any atom is -0.457 e. The van der Waals surface area contributed by atoms with Crippen LogP contribution in [0.4, 0.5) is 5.69 Å². The summed E-state index contributed by atoms with van der Waals surface area (Å²) in [6, 6.07) is 22.5. The number of hydrogen-bond donors (Lipinski definition) is 1. The topological polar surface area (TPSA) is 96.0 Å². The third-order valence-electron chi connectivity index (χ3n) is 6.20. The molecule has 8 nitrogen and oxygen atoms in total. The van der Waals surface area contributed by atoms with Crippen LogP contribution in [0.3, 0.4) is 0 Å². The second-order valence-electron chi connectivity index (χ2n) is 9.71. The monoisotopic (exact) mass is 551 g/mol. The van der Waals surface area contributed by atoms with Crippen LogP contribution in [0.1, 0.15) is 38.3 Å². The second kappa shape index (κ2) is 13.3. The van der Waals surface area contributed by atoms with Gasteiger partial charge in [0, 0.05) is 12.6 Å². The fourth-order valence-electron chi connectivity index (χ4n) is 4.19. The van der Waals surface area contributed by atoms with Crippen LogP contribution in [0.15, 0.2) is 78.9 Å². The first kappa shape index (κ1) is 29.7. The Hall–Kier alpha value is -3.85. The SMILES string of the molecule is CC[C@H](C(=O)NC(C)C)N(Cc1ccccc1C)C(=O)CN(c1ccc(Oc2ccccc2)cc1)S(C)(=O)=O. The number of carbonyl (C=O) groups is 2. The average molecular weight is 552 g/mol. The molecule has 0 bridgehead atoms. The van der Waals surface area contributed by atoms with E-state index in [4.69, 9.17) is 4.74 Å².